The molecule has 0 aliphatic carbocycles. The molecular weight excluding hydrogens is 438 g/mol. The number of aryl methyl sites for hydroxylation is 1. The van der Waals surface area contributed by atoms with Crippen molar-refractivity contribution in [2.75, 3.05) is 13.1 Å². The van der Waals surface area contributed by atoms with Crippen molar-refractivity contribution in [2.24, 2.45) is 12.8 Å². The third-order valence-corrected chi connectivity index (χ3v) is 8.16. The molecule has 9 heteroatoms. The number of hydrogen-bond donors (Lipinski definition) is 2. The first kappa shape index (κ1) is 21.4. The van der Waals surface area contributed by atoms with E-state index in [4.69, 9.17) is 5.73 Å². The minimum Gasteiger partial charge on any atom is -0.366 e. The van der Waals surface area contributed by atoms with E-state index in [-0.39, 0.29) is 10.9 Å². The highest BCUT2D eigenvalue weighted by molar-refractivity contribution is 7.89. The van der Waals surface area contributed by atoms with Crippen LogP contribution in [0, 0.1) is 0 Å². The molecule has 1 fully saturated rings. The van der Waals surface area contributed by atoms with Crippen LogP contribution in [0.2, 0.25) is 0 Å². The molecule has 170 valence electrons. The van der Waals surface area contributed by atoms with Gasteiger partial charge in [0.1, 0.15) is 0 Å². The van der Waals surface area contributed by atoms with E-state index in [0.29, 0.717) is 31.5 Å². The molecule has 0 unspecified atom stereocenters. The second-order valence-corrected chi connectivity index (χ2v) is 10.4. The molecule has 1 amide bonds. The van der Waals surface area contributed by atoms with Crippen LogP contribution in [0.4, 0.5) is 0 Å². The molecule has 0 atom stereocenters. The topological polar surface area (TPSA) is 114 Å². The quantitative estimate of drug-likeness (QED) is 0.473. The fourth-order valence-corrected chi connectivity index (χ4v) is 6.08. The van der Waals surface area contributed by atoms with Crippen LogP contribution in [-0.2, 0) is 17.1 Å². The van der Waals surface area contributed by atoms with E-state index in [1.807, 2.05) is 42.6 Å². The van der Waals surface area contributed by atoms with Gasteiger partial charge < -0.3 is 15.3 Å². The van der Waals surface area contributed by atoms with Gasteiger partial charge in [-0.3, -0.25) is 4.79 Å². The number of amides is 1. The first-order valence-electron chi connectivity index (χ1n) is 10.8. The van der Waals surface area contributed by atoms with Gasteiger partial charge in [-0.2, -0.15) is 4.31 Å². The van der Waals surface area contributed by atoms with Crippen molar-refractivity contribution in [1.82, 2.24) is 18.8 Å². The lowest BCUT2D eigenvalue weighted by Crippen LogP contribution is -2.38. The Kier molecular flexibility index (Phi) is 5.30. The van der Waals surface area contributed by atoms with Gasteiger partial charge in [0.2, 0.25) is 0 Å². The van der Waals surface area contributed by atoms with Crippen LogP contribution < -0.4 is 5.73 Å². The smallest absolute Gasteiger partial charge is 0.262 e. The minimum absolute atomic E-state index is 0.0779. The molecule has 1 saturated heterocycles. The zero-order valence-corrected chi connectivity index (χ0v) is 19.0. The highest BCUT2D eigenvalue weighted by atomic mass is 32.2. The predicted octanol–water partition coefficient (Wildman–Crippen LogP) is 3.24. The summed E-state index contributed by atoms with van der Waals surface area (Å²) >= 11 is 0. The summed E-state index contributed by atoms with van der Waals surface area (Å²) in [6, 6.07) is 13.8. The maximum Gasteiger partial charge on any atom is 0.262 e. The van der Waals surface area contributed by atoms with E-state index < -0.39 is 15.9 Å². The van der Waals surface area contributed by atoms with E-state index >= 15 is 0 Å². The number of primary amides is 1. The highest BCUT2D eigenvalue weighted by Crippen LogP contribution is 2.37. The van der Waals surface area contributed by atoms with Crippen molar-refractivity contribution in [2.45, 2.75) is 23.8 Å². The Morgan fingerprint density at radius 2 is 1.85 bits per heavy atom. The Morgan fingerprint density at radius 1 is 1.12 bits per heavy atom. The third kappa shape index (κ3) is 3.83. The van der Waals surface area contributed by atoms with Gasteiger partial charge in [-0.15, -0.1) is 0 Å². The van der Waals surface area contributed by atoms with Crippen LogP contribution in [-0.4, -0.2) is 46.3 Å². The SMILES string of the molecule is Cn1cnc(S(=O)(=O)N2CCC(c3c[nH]c4c(C(N)=O)cc(-c5ccccc5)cc34)CC2)c1. The normalized spacial score (nSPS) is 15.8. The highest BCUT2D eigenvalue weighted by Gasteiger charge is 2.32. The number of nitrogens with zero attached hydrogens (tertiary/aromatic N) is 3. The molecule has 3 N–H and O–H groups in total. The fraction of sp³-hybridized carbons (Fsp3) is 0.250. The standard InChI is InChI=1S/C24H25N5O3S/c1-28-14-22(27-15-28)33(31,32)29-9-7-17(8-10-29)21-13-26-23-19(21)11-18(12-20(23)24(25)30)16-5-3-2-4-6-16/h2-6,11-15,17,26H,7-10H2,1H3,(H2,25,30). The Bertz CT molecular complexity index is 1430. The number of nitrogens with two attached hydrogens (primary N) is 1. The van der Waals surface area contributed by atoms with Crippen LogP contribution in [0.1, 0.15) is 34.7 Å². The number of carbonyl (C=O) groups is 1. The largest absolute Gasteiger partial charge is 0.366 e. The van der Waals surface area contributed by atoms with E-state index in [2.05, 4.69) is 16.0 Å². The molecule has 0 saturated carbocycles. The van der Waals surface area contributed by atoms with Gasteiger partial charge in [0, 0.05) is 37.9 Å². The minimum atomic E-state index is -3.60. The molecule has 0 bridgehead atoms. The van der Waals surface area contributed by atoms with E-state index in [9.17, 15) is 13.2 Å². The summed E-state index contributed by atoms with van der Waals surface area (Å²) in [6.45, 7) is 0.828. The third-order valence-electron chi connectivity index (χ3n) is 6.37. The number of benzene rings is 2. The van der Waals surface area contributed by atoms with Crippen LogP contribution in [0.25, 0.3) is 22.0 Å². The van der Waals surface area contributed by atoms with Gasteiger partial charge in [-0.1, -0.05) is 30.3 Å². The maximum atomic E-state index is 12.9. The van der Waals surface area contributed by atoms with Gasteiger partial charge in [0.25, 0.3) is 15.9 Å². The summed E-state index contributed by atoms with van der Waals surface area (Å²) in [7, 11) is -1.85. The summed E-state index contributed by atoms with van der Waals surface area (Å²) in [5, 5.41) is 1.03. The van der Waals surface area contributed by atoms with E-state index in [1.54, 1.807) is 11.6 Å². The lowest BCUT2D eigenvalue weighted by molar-refractivity contribution is 0.100. The molecule has 2 aromatic heterocycles. The van der Waals surface area contributed by atoms with Crippen LogP contribution in [0.15, 0.2) is 66.2 Å². The predicted molar refractivity (Wildman–Crippen MR) is 126 cm³/mol. The summed E-state index contributed by atoms with van der Waals surface area (Å²) in [5.74, 6) is -0.317. The van der Waals surface area contributed by atoms with Crippen molar-refractivity contribution >= 4 is 26.8 Å². The Balaban J connectivity index is 1.46. The van der Waals surface area contributed by atoms with Crippen LogP contribution in [0.3, 0.4) is 0 Å². The van der Waals surface area contributed by atoms with Crippen LogP contribution >= 0.6 is 0 Å². The van der Waals surface area contributed by atoms with Crippen molar-refractivity contribution < 1.29 is 13.2 Å². The zero-order chi connectivity index (χ0) is 23.2. The average molecular weight is 464 g/mol. The van der Waals surface area contributed by atoms with Crippen molar-refractivity contribution in [3.8, 4) is 11.1 Å². The lowest BCUT2D eigenvalue weighted by atomic mass is 9.88. The molecular formula is C24H25N5O3S. The van der Waals surface area contributed by atoms with E-state index in [0.717, 1.165) is 27.6 Å². The monoisotopic (exact) mass is 463 g/mol. The number of rotatable bonds is 5. The second-order valence-electron chi connectivity index (χ2n) is 8.48. The van der Waals surface area contributed by atoms with Gasteiger partial charge in [-0.25, -0.2) is 13.4 Å². The Morgan fingerprint density at radius 3 is 2.48 bits per heavy atom. The Hall–Kier alpha value is -3.43. The molecule has 0 radical (unpaired) electrons. The van der Waals surface area contributed by atoms with Crippen molar-refractivity contribution in [3.63, 3.8) is 0 Å². The van der Waals surface area contributed by atoms with Gasteiger partial charge in [0.05, 0.1) is 17.4 Å². The zero-order valence-electron chi connectivity index (χ0n) is 18.2. The van der Waals surface area contributed by atoms with Crippen molar-refractivity contribution in [1.29, 1.82) is 0 Å². The summed E-state index contributed by atoms with van der Waals surface area (Å²) < 4.78 is 29.0. The lowest BCUT2D eigenvalue weighted by Gasteiger charge is -2.30. The number of imidazole rings is 1. The van der Waals surface area contributed by atoms with Crippen molar-refractivity contribution in [3.05, 3.63) is 72.3 Å². The number of hydrogen-bond acceptors (Lipinski definition) is 4. The number of piperidine rings is 1. The molecule has 1 aliphatic rings. The number of nitrogens with one attached hydrogen (secondary N) is 1. The first-order chi connectivity index (χ1) is 15.8. The van der Waals surface area contributed by atoms with Crippen LogP contribution in [0.5, 0.6) is 0 Å². The number of carbonyl (C=O) groups excluding carboxylic acids is 1. The molecule has 3 heterocycles. The van der Waals surface area contributed by atoms with Gasteiger partial charge in [-0.05, 0) is 47.6 Å². The van der Waals surface area contributed by atoms with Gasteiger partial charge in [0.15, 0.2) is 5.03 Å². The fourth-order valence-electron chi connectivity index (χ4n) is 4.64. The number of aromatic nitrogens is 3. The first-order valence-corrected chi connectivity index (χ1v) is 12.3. The summed E-state index contributed by atoms with van der Waals surface area (Å²) in [4.78, 5) is 19.5. The molecule has 0 spiro atoms. The van der Waals surface area contributed by atoms with Gasteiger partial charge >= 0.3 is 0 Å². The summed E-state index contributed by atoms with van der Waals surface area (Å²) in [5.41, 5.74) is 9.88. The number of sulfonamides is 1. The maximum absolute atomic E-state index is 12.9. The average Bonchev–Trinajstić information content (AvgIpc) is 3.46. The molecule has 4 aromatic rings. The number of aromatic amines is 1. The van der Waals surface area contributed by atoms with E-state index in [1.165, 1.54) is 16.8 Å². The molecule has 2 aromatic carbocycles. The molecule has 5 rings (SSSR count). The second kappa shape index (κ2) is 8.17. The molecule has 1 aliphatic heterocycles. The molecule has 33 heavy (non-hydrogen) atoms. The number of fused-ring (bicyclic) bond motifs is 1. The Labute approximate surface area is 192 Å². The summed E-state index contributed by atoms with van der Waals surface area (Å²) in [6.07, 6.45) is 6.31. The number of H-pyrrole nitrogens is 1. The molecule has 8 nitrogen and oxygen atoms in total.